The van der Waals surface area contributed by atoms with E-state index in [-0.39, 0.29) is 31.9 Å². The van der Waals surface area contributed by atoms with Gasteiger partial charge in [0.1, 0.15) is 0 Å². The van der Waals surface area contributed by atoms with Crippen molar-refractivity contribution in [1.29, 1.82) is 0 Å². The number of alkyl halides is 2. The summed E-state index contributed by atoms with van der Waals surface area (Å²) >= 11 is 13.3. The molecular weight excluding hydrogens is 475 g/mol. The lowest BCUT2D eigenvalue weighted by Crippen LogP contribution is -2.46. The molecule has 1 aromatic heterocycles. The first-order chi connectivity index (χ1) is 15.5. The van der Waals surface area contributed by atoms with Crippen molar-refractivity contribution in [3.05, 3.63) is 46.2 Å². The van der Waals surface area contributed by atoms with Gasteiger partial charge in [-0.2, -0.15) is 0 Å². The molecular formula is C22H24Cl2N2O5S. The number of carbonyl (C=O) groups excluding carboxylic acids is 2. The summed E-state index contributed by atoms with van der Waals surface area (Å²) in [6.07, 6.45) is 1.66. The molecule has 32 heavy (non-hydrogen) atoms. The number of hydrogen-bond donors (Lipinski definition) is 0. The first kappa shape index (κ1) is 23.2. The second-order valence-corrected chi connectivity index (χ2v) is 9.80. The topological polar surface area (TPSA) is 68.3 Å². The molecule has 4 rings (SSSR count). The van der Waals surface area contributed by atoms with Crippen LogP contribution in [0, 0.1) is 0 Å². The summed E-state index contributed by atoms with van der Waals surface area (Å²) in [5.74, 6) is 0.662. The number of rotatable bonds is 9. The van der Waals surface area contributed by atoms with Gasteiger partial charge in [0.15, 0.2) is 16.3 Å². The Kier molecular flexibility index (Phi) is 7.78. The minimum atomic E-state index is -1.23. The van der Waals surface area contributed by atoms with E-state index >= 15 is 0 Å². The van der Waals surface area contributed by atoms with E-state index < -0.39 is 10.7 Å². The zero-order chi connectivity index (χ0) is 22.5. The highest BCUT2D eigenvalue weighted by molar-refractivity contribution is 7.09. The predicted octanol–water partition coefficient (Wildman–Crippen LogP) is 3.82. The van der Waals surface area contributed by atoms with Crippen molar-refractivity contribution in [1.82, 2.24) is 9.80 Å². The number of benzene rings is 1. The van der Waals surface area contributed by atoms with Crippen LogP contribution < -0.4 is 9.47 Å². The van der Waals surface area contributed by atoms with Gasteiger partial charge >= 0.3 is 0 Å². The predicted molar refractivity (Wildman–Crippen MR) is 122 cm³/mol. The van der Waals surface area contributed by atoms with E-state index in [1.54, 1.807) is 16.2 Å². The summed E-state index contributed by atoms with van der Waals surface area (Å²) in [5, 5.41) is 1.97. The quantitative estimate of drug-likeness (QED) is 0.491. The highest BCUT2D eigenvalue weighted by Gasteiger charge is 2.29. The molecule has 1 atom stereocenters. The SMILES string of the molecule is O=C(CN(CC1CCCO1)C(=O)C(Cl)Cl)N(Cc1ccc2c(c1)OCO2)Cc1cccs1. The molecule has 2 aliphatic rings. The van der Waals surface area contributed by atoms with Crippen molar-refractivity contribution in [2.24, 2.45) is 0 Å². The minimum absolute atomic E-state index is 0.113. The molecule has 2 aromatic rings. The van der Waals surface area contributed by atoms with Gasteiger partial charge in [0.25, 0.3) is 5.91 Å². The van der Waals surface area contributed by atoms with E-state index in [0.29, 0.717) is 31.2 Å². The van der Waals surface area contributed by atoms with Crippen LogP contribution in [0.25, 0.3) is 0 Å². The Morgan fingerprint density at radius 2 is 1.97 bits per heavy atom. The molecule has 2 aliphatic heterocycles. The second kappa shape index (κ2) is 10.7. The van der Waals surface area contributed by atoms with E-state index in [9.17, 15) is 9.59 Å². The van der Waals surface area contributed by atoms with Crippen LogP contribution in [-0.4, -0.2) is 59.0 Å². The fraction of sp³-hybridized carbons (Fsp3) is 0.455. The number of nitrogens with zero attached hydrogens (tertiary/aromatic N) is 2. The Morgan fingerprint density at radius 3 is 2.69 bits per heavy atom. The van der Waals surface area contributed by atoms with Crippen molar-refractivity contribution in [2.45, 2.75) is 36.9 Å². The summed E-state index contributed by atoms with van der Waals surface area (Å²) in [4.78, 5) is 28.9. The van der Waals surface area contributed by atoms with Crippen molar-refractivity contribution in [3.63, 3.8) is 0 Å². The molecule has 1 fully saturated rings. The number of hydrogen-bond acceptors (Lipinski definition) is 6. The zero-order valence-electron chi connectivity index (χ0n) is 17.4. The standard InChI is InChI=1S/C22H24Cl2N2O5S/c23-21(24)22(28)26(11-16-3-1-7-29-16)13-20(27)25(12-17-4-2-8-32-17)10-15-5-6-18-19(9-15)31-14-30-18/h2,4-6,8-9,16,21H,1,3,7,10-14H2. The van der Waals surface area contributed by atoms with E-state index in [2.05, 4.69) is 0 Å². The van der Waals surface area contributed by atoms with Gasteiger partial charge in [-0.1, -0.05) is 35.3 Å². The molecule has 10 heteroatoms. The Hall–Kier alpha value is -2.00. The van der Waals surface area contributed by atoms with Crippen LogP contribution in [0.2, 0.25) is 0 Å². The average Bonchev–Trinajstić information content (AvgIpc) is 3.54. The molecule has 7 nitrogen and oxygen atoms in total. The maximum absolute atomic E-state index is 13.4. The summed E-state index contributed by atoms with van der Waals surface area (Å²) in [6, 6.07) is 9.55. The number of ether oxygens (including phenoxy) is 3. The summed E-state index contributed by atoms with van der Waals surface area (Å²) in [6.45, 7) is 1.80. The average molecular weight is 499 g/mol. The van der Waals surface area contributed by atoms with E-state index in [0.717, 1.165) is 23.3 Å². The molecule has 1 saturated heterocycles. The van der Waals surface area contributed by atoms with Gasteiger partial charge in [-0.05, 0) is 42.0 Å². The maximum atomic E-state index is 13.4. The van der Waals surface area contributed by atoms with Gasteiger partial charge in [0.05, 0.1) is 19.2 Å². The van der Waals surface area contributed by atoms with Crippen LogP contribution in [0.4, 0.5) is 0 Å². The molecule has 0 saturated carbocycles. The Bertz CT molecular complexity index is 934. The van der Waals surface area contributed by atoms with Crippen LogP contribution in [0.1, 0.15) is 23.3 Å². The highest BCUT2D eigenvalue weighted by Crippen LogP contribution is 2.33. The van der Waals surface area contributed by atoms with Crippen LogP contribution in [0.3, 0.4) is 0 Å². The summed E-state index contributed by atoms with van der Waals surface area (Å²) in [5.41, 5.74) is 0.906. The third-order valence-electron chi connectivity index (χ3n) is 5.36. The molecule has 0 bridgehead atoms. The molecule has 2 amide bonds. The van der Waals surface area contributed by atoms with Crippen molar-refractivity contribution in [2.75, 3.05) is 26.5 Å². The van der Waals surface area contributed by atoms with Gasteiger partial charge in [-0.15, -0.1) is 11.3 Å². The smallest absolute Gasteiger partial charge is 0.256 e. The molecule has 0 aliphatic carbocycles. The molecule has 172 valence electrons. The first-order valence-corrected chi connectivity index (χ1v) is 12.1. The van der Waals surface area contributed by atoms with Crippen molar-refractivity contribution >= 4 is 46.4 Å². The van der Waals surface area contributed by atoms with Crippen LogP contribution in [-0.2, 0) is 27.4 Å². The Morgan fingerprint density at radius 1 is 1.12 bits per heavy atom. The number of amides is 2. The van der Waals surface area contributed by atoms with Crippen LogP contribution >= 0.6 is 34.5 Å². The molecule has 0 spiro atoms. The van der Waals surface area contributed by atoms with Gasteiger partial charge in [0, 0.05) is 24.6 Å². The highest BCUT2D eigenvalue weighted by atomic mass is 35.5. The van der Waals surface area contributed by atoms with E-state index in [1.165, 1.54) is 4.90 Å². The number of carbonyl (C=O) groups is 2. The number of fused-ring (bicyclic) bond motifs is 1. The molecule has 1 unspecified atom stereocenters. The summed E-state index contributed by atoms with van der Waals surface area (Å²) in [7, 11) is 0. The largest absolute Gasteiger partial charge is 0.454 e. The minimum Gasteiger partial charge on any atom is -0.454 e. The van der Waals surface area contributed by atoms with E-state index in [1.807, 2.05) is 35.7 Å². The monoisotopic (exact) mass is 498 g/mol. The van der Waals surface area contributed by atoms with Gasteiger partial charge in [-0.3, -0.25) is 9.59 Å². The lowest BCUT2D eigenvalue weighted by molar-refractivity contribution is -0.141. The van der Waals surface area contributed by atoms with Crippen molar-refractivity contribution < 1.29 is 23.8 Å². The lowest BCUT2D eigenvalue weighted by atomic mass is 10.1. The molecule has 3 heterocycles. The fourth-order valence-corrected chi connectivity index (χ4v) is 4.75. The summed E-state index contributed by atoms with van der Waals surface area (Å²) < 4.78 is 16.5. The van der Waals surface area contributed by atoms with Gasteiger partial charge in [-0.25, -0.2) is 0 Å². The van der Waals surface area contributed by atoms with Gasteiger partial charge < -0.3 is 24.0 Å². The normalized spacial score (nSPS) is 17.0. The van der Waals surface area contributed by atoms with Crippen LogP contribution in [0.15, 0.2) is 35.7 Å². The number of halogens is 2. The van der Waals surface area contributed by atoms with Gasteiger partial charge in [0.2, 0.25) is 12.7 Å². The Labute approximate surface area is 200 Å². The Balaban J connectivity index is 1.50. The third-order valence-corrected chi connectivity index (χ3v) is 6.60. The maximum Gasteiger partial charge on any atom is 0.256 e. The first-order valence-electron chi connectivity index (χ1n) is 10.4. The lowest BCUT2D eigenvalue weighted by Gasteiger charge is -2.29. The molecule has 1 aromatic carbocycles. The zero-order valence-corrected chi connectivity index (χ0v) is 19.7. The van der Waals surface area contributed by atoms with Crippen LogP contribution in [0.5, 0.6) is 11.5 Å². The van der Waals surface area contributed by atoms with Crippen molar-refractivity contribution in [3.8, 4) is 11.5 Å². The molecule has 0 radical (unpaired) electrons. The number of thiophene rings is 1. The second-order valence-electron chi connectivity index (χ2n) is 7.67. The third kappa shape index (κ3) is 5.86. The molecule has 0 N–H and O–H groups in total. The fourth-order valence-electron chi connectivity index (χ4n) is 3.75. The van der Waals surface area contributed by atoms with E-state index in [4.69, 9.17) is 37.4 Å².